The molecule has 152 valence electrons. The molecule has 0 atom stereocenters. The van der Waals surface area contributed by atoms with Gasteiger partial charge in [0.25, 0.3) is 11.8 Å². The van der Waals surface area contributed by atoms with Crippen molar-refractivity contribution in [2.75, 3.05) is 49.9 Å². The van der Waals surface area contributed by atoms with E-state index in [4.69, 9.17) is 5.73 Å². The van der Waals surface area contributed by atoms with Crippen molar-refractivity contribution in [1.29, 1.82) is 0 Å². The second kappa shape index (κ2) is 8.11. The van der Waals surface area contributed by atoms with Gasteiger partial charge in [0, 0.05) is 56.2 Å². The van der Waals surface area contributed by atoms with Gasteiger partial charge in [-0.3, -0.25) is 9.59 Å². The second-order valence-electron chi connectivity index (χ2n) is 7.57. The molecule has 2 N–H and O–H groups in total. The molecule has 0 unspecified atom stereocenters. The quantitative estimate of drug-likeness (QED) is 0.810. The molecule has 2 fully saturated rings. The molecule has 2 amide bonds. The van der Waals surface area contributed by atoms with Gasteiger partial charge in [-0.05, 0) is 49.2 Å². The van der Waals surface area contributed by atoms with E-state index in [-0.39, 0.29) is 11.8 Å². The summed E-state index contributed by atoms with van der Waals surface area (Å²) in [6, 6.07) is 11.2. The number of carbonyl (C=O) groups is 2. The molecule has 0 spiro atoms. The van der Waals surface area contributed by atoms with E-state index >= 15 is 0 Å². The highest BCUT2D eigenvalue weighted by Gasteiger charge is 2.27. The zero-order valence-corrected chi connectivity index (χ0v) is 16.3. The zero-order chi connectivity index (χ0) is 20.4. The number of likely N-dealkylation sites (tertiary alicyclic amines) is 1. The fourth-order valence-electron chi connectivity index (χ4n) is 4.05. The second-order valence-corrected chi connectivity index (χ2v) is 7.57. The van der Waals surface area contributed by atoms with Gasteiger partial charge >= 0.3 is 0 Å². The van der Waals surface area contributed by atoms with Gasteiger partial charge in [0.2, 0.25) is 0 Å². The SMILES string of the molecule is Nc1ccc(N2CCN(C(=O)c3cccc(F)c3)CC2)c(C(=O)N2CCCC2)c1. The van der Waals surface area contributed by atoms with Crippen LogP contribution in [-0.4, -0.2) is 60.9 Å². The maximum Gasteiger partial charge on any atom is 0.256 e. The van der Waals surface area contributed by atoms with E-state index in [1.54, 1.807) is 29.2 Å². The molecular formula is C22H25FN4O2. The lowest BCUT2D eigenvalue weighted by Gasteiger charge is -2.37. The van der Waals surface area contributed by atoms with E-state index in [0.29, 0.717) is 43.0 Å². The van der Waals surface area contributed by atoms with Crippen molar-refractivity contribution >= 4 is 23.2 Å². The standard InChI is InChI=1S/C22H25FN4O2/c23-17-5-3-4-16(14-17)21(28)27-12-10-25(11-13-27)20-7-6-18(24)15-19(20)22(29)26-8-1-2-9-26/h3-7,14-15H,1-2,8-13,24H2. The molecule has 2 heterocycles. The topological polar surface area (TPSA) is 69.9 Å². The van der Waals surface area contributed by atoms with E-state index in [9.17, 15) is 14.0 Å². The number of nitrogens with zero attached hydrogens (tertiary/aromatic N) is 3. The summed E-state index contributed by atoms with van der Waals surface area (Å²) in [6.07, 6.45) is 2.06. The van der Waals surface area contributed by atoms with Crippen molar-refractivity contribution in [3.8, 4) is 0 Å². The van der Waals surface area contributed by atoms with Crippen LogP contribution in [0.4, 0.5) is 15.8 Å². The Morgan fingerprint density at radius 3 is 2.21 bits per heavy atom. The Bertz CT molecular complexity index is 919. The molecule has 2 aliphatic heterocycles. The molecule has 2 aliphatic rings. The molecule has 2 aromatic carbocycles. The number of nitrogen functional groups attached to an aromatic ring is 1. The lowest BCUT2D eigenvalue weighted by Crippen LogP contribution is -2.49. The van der Waals surface area contributed by atoms with Gasteiger partial charge in [-0.1, -0.05) is 6.07 Å². The Hall–Kier alpha value is -3.09. The molecule has 0 radical (unpaired) electrons. The van der Waals surface area contributed by atoms with Crippen LogP contribution >= 0.6 is 0 Å². The van der Waals surface area contributed by atoms with Crippen molar-refractivity contribution in [3.05, 3.63) is 59.4 Å². The Balaban J connectivity index is 1.48. The number of hydrogen-bond donors (Lipinski definition) is 1. The minimum Gasteiger partial charge on any atom is -0.399 e. The monoisotopic (exact) mass is 396 g/mol. The van der Waals surface area contributed by atoms with Crippen LogP contribution in [-0.2, 0) is 0 Å². The molecule has 4 rings (SSSR count). The van der Waals surface area contributed by atoms with Crippen molar-refractivity contribution in [1.82, 2.24) is 9.80 Å². The fraction of sp³-hybridized carbons (Fsp3) is 0.364. The van der Waals surface area contributed by atoms with Crippen LogP contribution in [0.25, 0.3) is 0 Å². The number of nitrogens with two attached hydrogens (primary N) is 1. The van der Waals surface area contributed by atoms with Gasteiger partial charge in [-0.2, -0.15) is 0 Å². The third-order valence-electron chi connectivity index (χ3n) is 5.62. The van der Waals surface area contributed by atoms with Crippen LogP contribution in [0.2, 0.25) is 0 Å². The summed E-state index contributed by atoms with van der Waals surface area (Å²) in [7, 11) is 0. The highest BCUT2D eigenvalue weighted by molar-refractivity contribution is 6.01. The van der Waals surface area contributed by atoms with Crippen molar-refractivity contribution in [2.24, 2.45) is 0 Å². The number of halogens is 1. The van der Waals surface area contributed by atoms with Crippen LogP contribution in [0.5, 0.6) is 0 Å². The summed E-state index contributed by atoms with van der Waals surface area (Å²) in [5.74, 6) is -0.570. The van der Waals surface area contributed by atoms with E-state index in [1.165, 1.54) is 12.1 Å². The average Bonchev–Trinajstić information content (AvgIpc) is 3.28. The Labute approximate surface area is 169 Å². The van der Waals surface area contributed by atoms with Gasteiger partial charge in [0.05, 0.1) is 5.56 Å². The maximum atomic E-state index is 13.4. The first-order chi connectivity index (χ1) is 14.0. The minimum absolute atomic E-state index is 0.0167. The first kappa shape index (κ1) is 19.2. The van der Waals surface area contributed by atoms with E-state index in [2.05, 4.69) is 4.90 Å². The van der Waals surface area contributed by atoms with Crippen molar-refractivity contribution < 1.29 is 14.0 Å². The average molecular weight is 396 g/mol. The molecular weight excluding hydrogens is 371 g/mol. The van der Waals surface area contributed by atoms with Crippen LogP contribution in [0.3, 0.4) is 0 Å². The number of benzene rings is 2. The van der Waals surface area contributed by atoms with Crippen molar-refractivity contribution in [3.63, 3.8) is 0 Å². The Kier molecular flexibility index (Phi) is 5.38. The molecule has 0 saturated carbocycles. The van der Waals surface area contributed by atoms with E-state index in [0.717, 1.165) is 31.6 Å². The molecule has 7 heteroatoms. The van der Waals surface area contributed by atoms with Gasteiger partial charge in [-0.15, -0.1) is 0 Å². The normalized spacial score (nSPS) is 16.9. The highest BCUT2D eigenvalue weighted by atomic mass is 19.1. The lowest BCUT2D eigenvalue weighted by atomic mass is 10.1. The molecule has 2 saturated heterocycles. The van der Waals surface area contributed by atoms with Gasteiger partial charge in [-0.25, -0.2) is 4.39 Å². The largest absolute Gasteiger partial charge is 0.399 e. The van der Waals surface area contributed by atoms with Crippen molar-refractivity contribution in [2.45, 2.75) is 12.8 Å². The fourth-order valence-corrected chi connectivity index (χ4v) is 4.05. The van der Waals surface area contributed by atoms with Gasteiger partial charge in [0.1, 0.15) is 5.82 Å². The number of hydrogen-bond acceptors (Lipinski definition) is 4. The highest BCUT2D eigenvalue weighted by Crippen LogP contribution is 2.27. The number of rotatable bonds is 3. The first-order valence-corrected chi connectivity index (χ1v) is 10.0. The number of piperazine rings is 1. The third kappa shape index (κ3) is 4.04. The predicted octanol–water partition coefficient (Wildman–Crippen LogP) is 2.61. The Morgan fingerprint density at radius 1 is 0.828 bits per heavy atom. The summed E-state index contributed by atoms with van der Waals surface area (Å²) in [5.41, 5.74) is 8.36. The van der Waals surface area contributed by atoms with Crippen LogP contribution in [0.15, 0.2) is 42.5 Å². The van der Waals surface area contributed by atoms with Gasteiger partial charge < -0.3 is 20.4 Å². The number of carbonyl (C=O) groups excluding carboxylic acids is 2. The van der Waals surface area contributed by atoms with Crippen LogP contribution in [0, 0.1) is 5.82 Å². The van der Waals surface area contributed by atoms with Crippen LogP contribution in [0.1, 0.15) is 33.6 Å². The van der Waals surface area contributed by atoms with Gasteiger partial charge in [0.15, 0.2) is 0 Å². The molecule has 29 heavy (non-hydrogen) atoms. The molecule has 6 nitrogen and oxygen atoms in total. The summed E-state index contributed by atoms with van der Waals surface area (Å²) in [6.45, 7) is 3.79. The molecule has 2 aromatic rings. The smallest absolute Gasteiger partial charge is 0.256 e. The molecule has 0 aromatic heterocycles. The molecule has 0 bridgehead atoms. The third-order valence-corrected chi connectivity index (χ3v) is 5.62. The summed E-state index contributed by atoms with van der Waals surface area (Å²) < 4.78 is 13.4. The van der Waals surface area contributed by atoms with E-state index in [1.807, 2.05) is 11.0 Å². The predicted molar refractivity (Wildman–Crippen MR) is 111 cm³/mol. The number of anilines is 2. The summed E-state index contributed by atoms with van der Waals surface area (Å²) in [4.78, 5) is 31.4. The summed E-state index contributed by atoms with van der Waals surface area (Å²) in [5, 5.41) is 0. The van der Waals surface area contributed by atoms with Crippen LogP contribution < -0.4 is 10.6 Å². The first-order valence-electron chi connectivity index (χ1n) is 10.0. The maximum absolute atomic E-state index is 13.4. The van der Waals surface area contributed by atoms with E-state index < -0.39 is 5.82 Å². The summed E-state index contributed by atoms with van der Waals surface area (Å²) >= 11 is 0. The number of amides is 2. The lowest BCUT2D eigenvalue weighted by molar-refractivity contribution is 0.0742. The molecule has 0 aliphatic carbocycles. The Morgan fingerprint density at radius 2 is 1.52 bits per heavy atom. The zero-order valence-electron chi connectivity index (χ0n) is 16.3. The minimum atomic E-state index is -0.415.